The summed E-state index contributed by atoms with van der Waals surface area (Å²) in [7, 11) is 68.7. The molecule has 61 heavy (non-hydrogen) atoms. The average Bonchev–Trinajstić information content (AvgIpc) is 3.71. The van der Waals surface area contributed by atoms with Gasteiger partial charge in [-0.3, -0.25) is 0 Å². The van der Waals surface area contributed by atoms with Crippen LogP contribution in [0, 0.1) is 0 Å². The number of anilines is 3. The summed E-state index contributed by atoms with van der Waals surface area (Å²) in [6.07, 6.45) is 7.77. The van der Waals surface area contributed by atoms with E-state index < -0.39 is 5.41 Å². The van der Waals surface area contributed by atoms with Crippen molar-refractivity contribution in [2.24, 2.45) is 0 Å². The van der Waals surface area contributed by atoms with Crippen LogP contribution in [-0.4, -0.2) is 78.5 Å². The van der Waals surface area contributed by atoms with Crippen LogP contribution in [0.1, 0.15) is 34.7 Å². The van der Waals surface area contributed by atoms with E-state index in [1.807, 2.05) is 79.7 Å². The zero-order valence-electron chi connectivity index (χ0n) is 33.6. The van der Waals surface area contributed by atoms with E-state index in [4.69, 9.17) is 78.5 Å². The molecule has 1 spiro atoms. The molecular formula is C50H27B10N. The molecule has 0 amide bonds. The van der Waals surface area contributed by atoms with Crippen molar-refractivity contribution in [2.75, 3.05) is 4.90 Å². The Morgan fingerprint density at radius 2 is 1.05 bits per heavy atom. The molecule has 7 aromatic carbocycles. The Kier molecular flexibility index (Phi) is 10.2. The first-order valence-corrected chi connectivity index (χ1v) is 19.7. The van der Waals surface area contributed by atoms with Gasteiger partial charge in [-0.1, -0.05) is 138 Å². The van der Waals surface area contributed by atoms with Crippen molar-refractivity contribution in [3.63, 3.8) is 0 Å². The Balaban J connectivity index is 1.45. The molecule has 7 aromatic rings. The van der Waals surface area contributed by atoms with Crippen LogP contribution >= 0.6 is 0 Å². The van der Waals surface area contributed by atoms with Gasteiger partial charge in [0.2, 0.25) is 0 Å². The number of allylic oxidation sites excluding steroid dienone is 5. The van der Waals surface area contributed by atoms with E-state index in [1.54, 1.807) is 12.1 Å². The molecule has 11 heteroatoms. The molecule has 2 aliphatic rings. The van der Waals surface area contributed by atoms with Gasteiger partial charge < -0.3 is 4.90 Å². The van der Waals surface area contributed by atoms with Gasteiger partial charge in [0.05, 0.1) is 5.41 Å². The SMILES string of the molecule is [B]c1cc2c(c([B])c1[B])-c1c(cc([B])c([B])c1[B])C21c2ccc([B])c([B])c2-c2c1cc([B])c([B])c2N(c1ccc(-c2ccccc2)cc1)c1cccc(C(/C=C\C)=C/C=C)c1. The van der Waals surface area contributed by atoms with Gasteiger partial charge in [0, 0.05) is 22.6 Å². The molecule has 2 aliphatic carbocycles. The van der Waals surface area contributed by atoms with Crippen LogP contribution in [-0.2, 0) is 5.41 Å². The molecule has 0 atom stereocenters. The second-order valence-electron chi connectivity index (χ2n) is 15.5. The van der Waals surface area contributed by atoms with Gasteiger partial charge in [0.1, 0.15) is 78.5 Å². The molecule has 1 nitrogen and oxygen atoms in total. The fraction of sp³-hybridized carbons (Fsp3) is 0.0400. The lowest BCUT2D eigenvalue weighted by atomic mass is 9.63. The number of hydrogen-bond donors (Lipinski definition) is 0. The zero-order chi connectivity index (χ0) is 43.1. The molecular weight excluding hydrogens is 723 g/mol. The topological polar surface area (TPSA) is 3.24 Å². The van der Waals surface area contributed by atoms with E-state index in [0.29, 0.717) is 60.9 Å². The highest BCUT2D eigenvalue weighted by Gasteiger charge is 2.54. The maximum atomic E-state index is 7.32. The van der Waals surface area contributed by atoms with Crippen LogP contribution < -0.4 is 59.5 Å². The zero-order valence-corrected chi connectivity index (χ0v) is 33.6. The predicted octanol–water partition coefficient (Wildman–Crippen LogP) is 1.25. The quantitative estimate of drug-likeness (QED) is 0.176. The summed E-state index contributed by atoms with van der Waals surface area (Å²) in [5.74, 6) is 0. The minimum atomic E-state index is -1.20. The number of fused-ring (bicyclic) bond motifs is 10. The maximum absolute atomic E-state index is 7.32. The van der Waals surface area contributed by atoms with E-state index in [9.17, 15) is 0 Å². The molecule has 0 heterocycles. The summed E-state index contributed by atoms with van der Waals surface area (Å²) < 4.78 is 0. The average molecular weight is 750 g/mol. The summed E-state index contributed by atoms with van der Waals surface area (Å²) >= 11 is 0. The van der Waals surface area contributed by atoms with Gasteiger partial charge in [-0.15, -0.1) is 32.8 Å². The van der Waals surface area contributed by atoms with Crippen molar-refractivity contribution < 1.29 is 0 Å². The van der Waals surface area contributed by atoms with Crippen LogP contribution in [0.15, 0.2) is 140 Å². The first kappa shape index (κ1) is 40.6. The fourth-order valence-electron chi connectivity index (χ4n) is 9.40. The fourth-order valence-corrected chi connectivity index (χ4v) is 9.40. The molecule has 262 valence electrons. The molecule has 0 aliphatic heterocycles. The van der Waals surface area contributed by atoms with E-state index in [-0.39, 0.29) is 32.8 Å². The van der Waals surface area contributed by atoms with Crippen LogP contribution in [0.5, 0.6) is 0 Å². The third-order valence-corrected chi connectivity index (χ3v) is 12.2. The summed E-state index contributed by atoms with van der Waals surface area (Å²) in [4.78, 5) is 2.11. The van der Waals surface area contributed by atoms with Crippen molar-refractivity contribution in [3.8, 4) is 33.4 Å². The summed E-state index contributed by atoms with van der Waals surface area (Å²) in [5, 5.41) is 0. The highest BCUT2D eigenvalue weighted by atomic mass is 15.1. The first-order chi connectivity index (χ1) is 29.3. The van der Waals surface area contributed by atoms with Crippen LogP contribution in [0.25, 0.3) is 39.0 Å². The Morgan fingerprint density at radius 1 is 0.492 bits per heavy atom. The standard InChI is InChI=1S/C50H27B10N/c1-3-9-25(10-4-2)28-13-8-14-30(21-28)61(29-17-15-27(16-18-29)26-11-6-5-7-12-26)49-42-34(24-38(54)46(49)58)50(31-19-20-35(51)43(55)39(31)42)32-22-36(52)44(56)47(59)40(32)41-33(50)23-37(53)45(57)48(41)60/h3-24H,1H2,2H3/b10-4-,25-9+. The molecule has 0 unspecified atom stereocenters. The van der Waals surface area contributed by atoms with Crippen molar-refractivity contribution in [1.29, 1.82) is 0 Å². The number of benzene rings is 7. The number of rotatable bonds is 7. The normalized spacial score (nSPS) is 13.2. The molecule has 0 aromatic heterocycles. The van der Waals surface area contributed by atoms with Crippen LogP contribution in [0.3, 0.4) is 0 Å². The van der Waals surface area contributed by atoms with Gasteiger partial charge in [0.15, 0.2) is 0 Å². The Labute approximate surface area is 372 Å². The maximum Gasteiger partial charge on any atom is 0.115 e. The lowest BCUT2D eigenvalue weighted by Crippen LogP contribution is -2.43. The predicted molar refractivity (Wildman–Crippen MR) is 270 cm³/mol. The van der Waals surface area contributed by atoms with E-state index in [2.05, 4.69) is 60.0 Å². The summed E-state index contributed by atoms with van der Waals surface area (Å²) in [6.45, 7) is 5.95. The van der Waals surface area contributed by atoms with Crippen LogP contribution in [0.4, 0.5) is 17.1 Å². The van der Waals surface area contributed by atoms with Crippen molar-refractivity contribution in [3.05, 3.63) is 168 Å². The van der Waals surface area contributed by atoms with E-state index in [0.717, 1.165) is 44.8 Å². The Morgan fingerprint density at radius 3 is 1.64 bits per heavy atom. The van der Waals surface area contributed by atoms with Crippen molar-refractivity contribution in [1.82, 2.24) is 0 Å². The van der Waals surface area contributed by atoms with Gasteiger partial charge in [-0.2, -0.15) is 0 Å². The Bertz CT molecular complexity index is 3000. The molecule has 0 saturated carbocycles. The van der Waals surface area contributed by atoms with E-state index in [1.165, 1.54) is 0 Å². The molecule has 0 saturated heterocycles. The lowest BCUT2D eigenvalue weighted by Gasteiger charge is -2.35. The number of nitrogens with zero attached hydrogens (tertiary/aromatic N) is 1. The first-order valence-electron chi connectivity index (χ1n) is 19.7. The highest BCUT2D eigenvalue weighted by molar-refractivity contribution is 6.62. The molecule has 0 fully saturated rings. The summed E-state index contributed by atoms with van der Waals surface area (Å²) in [5.41, 5.74) is 13.3. The number of hydrogen-bond acceptors (Lipinski definition) is 1. The Hall–Kier alpha value is -5.79. The minimum Gasteiger partial charge on any atom is -0.310 e. The van der Waals surface area contributed by atoms with Gasteiger partial charge in [0.25, 0.3) is 0 Å². The van der Waals surface area contributed by atoms with Gasteiger partial charge in [-0.05, 0) is 92.4 Å². The third kappa shape index (κ3) is 5.98. The second kappa shape index (κ2) is 15.3. The molecule has 9 rings (SSSR count). The summed E-state index contributed by atoms with van der Waals surface area (Å²) in [6, 6.07) is 36.0. The minimum absolute atomic E-state index is 0.220. The third-order valence-electron chi connectivity index (χ3n) is 12.2. The highest BCUT2D eigenvalue weighted by Crippen LogP contribution is 2.63. The molecule has 0 bridgehead atoms. The monoisotopic (exact) mass is 751 g/mol. The van der Waals surface area contributed by atoms with Crippen molar-refractivity contribution >= 4 is 156 Å². The van der Waals surface area contributed by atoms with Gasteiger partial charge in [-0.25, -0.2) is 0 Å². The molecule has 0 N–H and O–H groups in total. The van der Waals surface area contributed by atoms with Crippen molar-refractivity contribution in [2.45, 2.75) is 12.3 Å². The van der Waals surface area contributed by atoms with Gasteiger partial charge >= 0.3 is 0 Å². The second-order valence-corrected chi connectivity index (χ2v) is 15.5. The molecule has 20 radical (unpaired) electrons. The van der Waals surface area contributed by atoms with Crippen LogP contribution in [0.2, 0.25) is 0 Å². The van der Waals surface area contributed by atoms with E-state index >= 15 is 0 Å². The lowest BCUT2D eigenvalue weighted by molar-refractivity contribution is 0.797. The smallest absolute Gasteiger partial charge is 0.115 e. The largest absolute Gasteiger partial charge is 0.310 e.